The van der Waals surface area contributed by atoms with Crippen LogP contribution in [-0.4, -0.2) is 36.7 Å². The zero-order valence-electron chi connectivity index (χ0n) is 20.3. The highest BCUT2D eigenvalue weighted by atomic mass is 79.9. The van der Waals surface area contributed by atoms with Gasteiger partial charge in [-0.2, -0.15) is 0 Å². The van der Waals surface area contributed by atoms with Crippen LogP contribution in [0.4, 0.5) is 5.69 Å². The fraction of sp³-hybridized carbons (Fsp3) is 0.185. The van der Waals surface area contributed by atoms with Gasteiger partial charge in [0.2, 0.25) is 0 Å². The molecule has 6 nitrogen and oxygen atoms in total. The maximum absolute atomic E-state index is 13.4. The summed E-state index contributed by atoms with van der Waals surface area (Å²) >= 11 is 21.4. The third-order valence-corrected chi connectivity index (χ3v) is 7.24. The van der Waals surface area contributed by atoms with Crippen LogP contribution in [0.15, 0.2) is 64.8 Å². The summed E-state index contributed by atoms with van der Waals surface area (Å²) in [6, 6.07) is 16.1. The van der Waals surface area contributed by atoms with E-state index >= 15 is 0 Å². The van der Waals surface area contributed by atoms with Crippen molar-refractivity contribution in [2.45, 2.75) is 13.5 Å². The van der Waals surface area contributed by atoms with E-state index in [1.807, 2.05) is 43.3 Å². The van der Waals surface area contributed by atoms with Crippen LogP contribution < -0.4 is 19.1 Å². The molecule has 0 spiro atoms. The Hall–Kier alpha value is -2.78. The van der Waals surface area contributed by atoms with Gasteiger partial charge in [0.1, 0.15) is 18.1 Å². The van der Waals surface area contributed by atoms with Crippen LogP contribution in [0.25, 0.3) is 6.08 Å². The highest BCUT2D eigenvalue weighted by Crippen LogP contribution is 2.39. The lowest BCUT2D eigenvalue weighted by atomic mass is 10.1. The first-order valence-corrected chi connectivity index (χ1v) is 13.2. The Balaban J connectivity index is 1.59. The third-order valence-electron chi connectivity index (χ3n) is 5.61. The predicted octanol–water partition coefficient (Wildman–Crippen LogP) is 7.35. The zero-order valence-corrected chi connectivity index (χ0v) is 24.2. The number of halogens is 3. The molecule has 0 aliphatic carbocycles. The number of carbonyl (C=O) groups excluding carboxylic acids is 1. The van der Waals surface area contributed by atoms with E-state index in [1.54, 1.807) is 43.3 Å². The minimum Gasteiger partial charge on any atom is -0.494 e. The van der Waals surface area contributed by atoms with E-state index < -0.39 is 0 Å². The second-order valence-electron chi connectivity index (χ2n) is 8.00. The second kappa shape index (κ2) is 11.7. The van der Waals surface area contributed by atoms with Crippen LogP contribution in [0.5, 0.6) is 17.2 Å². The number of methoxy groups -OCH3 is 1. The van der Waals surface area contributed by atoms with Crippen LogP contribution in [-0.2, 0) is 11.4 Å². The smallest absolute Gasteiger partial charge is 0.281 e. The van der Waals surface area contributed by atoms with Crippen LogP contribution in [0, 0.1) is 0 Å². The van der Waals surface area contributed by atoms with Crippen molar-refractivity contribution in [3.63, 3.8) is 0 Å². The molecule has 1 aliphatic rings. The first-order chi connectivity index (χ1) is 17.7. The quantitative estimate of drug-likeness (QED) is 0.194. The number of ether oxygens (including phenoxy) is 3. The number of likely N-dealkylation sites (N-methyl/N-ethyl adjacent to an activating group) is 1. The van der Waals surface area contributed by atoms with Crippen molar-refractivity contribution in [2.75, 3.05) is 25.7 Å². The van der Waals surface area contributed by atoms with E-state index in [0.29, 0.717) is 49.1 Å². The molecule has 1 aliphatic heterocycles. The van der Waals surface area contributed by atoms with Crippen LogP contribution in [0.2, 0.25) is 10.0 Å². The van der Waals surface area contributed by atoms with Crippen molar-refractivity contribution in [1.82, 2.24) is 4.90 Å². The minimum atomic E-state index is -0.232. The number of carbonyl (C=O) groups is 1. The normalized spacial score (nSPS) is 14.5. The SMILES string of the molecule is CCOc1ccc(N2C(=O)/C(=C/c3cc(Br)c(OCc4ccc(Cl)cc4Cl)c(OC)c3)N(C)C2=S)cc1. The van der Waals surface area contributed by atoms with E-state index in [0.717, 1.165) is 16.9 Å². The molecule has 0 unspecified atom stereocenters. The molecule has 3 aromatic rings. The van der Waals surface area contributed by atoms with Crippen LogP contribution >= 0.6 is 51.3 Å². The maximum atomic E-state index is 13.4. The molecule has 0 saturated carbocycles. The Morgan fingerprint density at radius 3 is 2.43 bits per heavy atom. The van der Waals surface area contributed by atoms with Gasteiger partial charge in [0.05, 0.1) is 23.9 Å². The predicted molar refractivity (Wildman–Crippen MR) is 155 cm³/mol. The van der Waals surface area contributed by atoms with E-state index in [-0.39, 0.29) is 12.5 Å². The number of nitrogens with zero attached hydrogens (tertiary/aromatic N) is 2. The third kappa shape index (κ3) is 5.88. The summed E-state index contributed by atoms with van der Waals surface area (Å²) < 4.78 is 17.7. The molecule has 0 atom stereocenters. The largest absolute Gasteiger partial charge is 0.494 e. The molecule has 0 radical (unpaired) electrons. The second-order valence-corrected chi connectivity index (χ2v) is 10.1. The first kappa shape index (κ1) is 27.3. The Labute approximate surface area is 239 Å². The van der Waals surface area contributed by atoms with E-state index in [1.165, 1.54) is 4.90 Å². The molecule has 3 aromatic carbocycles. The molecule has 37 heavy (non-hydrogen) atoms. The van der Waals surface area contributed by atoms with Crippen molar-refractivity contribution in [3.8, 4) is 17.2 Å². The molecule has 0 bridgehead atoms. The molecular formula is C27H23BrCl2N2O4S. The fourth-order valence-corrected chi connectivity index (χ4v) is 5.08. The number of thiocarbonyl (C=S) groups is 1. The number of amides is 1. The Morgan fingerprint density at radius 2 is 1.78 bits per heavy atom. The Kier molecular flexibility index (Phi) is 8.64. The average molecular weight is 622 g/mol. The highest BCUT2D eigenvalue weighted by molar-refractivity contribution is 9.10. The van der Waals surface area contributed by atoms with Gasteiger partial charge in [0.25, 0.3) is 5.91 Å². The van der Waals surface area contributed by atoms with Gasteiger partial charge in [-0.25, -0.2) is 0 Å². The van der Waals surface area contributed by atoms with Crippen molar-refractivity contribution >= 4 is 74.1 Å². The molecule has 10 heteroatoms. The van der Waals surface area contributed by atoms with Crippen LogP contribution in [0.1, 0.15) is 18.1 Å². The van der Waals surface area contributed by atoms with Gasteiger partial charge in [-0.05, 0) is 95.2 Å². The molecule has 4 rings (SSSR count). The summed E-state index contributed by atoms with van der Waals surface area (Å²) in [6.45, 7) is 2.70. The van der Waals surface area contributed by atoms with Gasteiger partial charge >= 0.3 is 0 Å². The molecule has 1 heterocycles. The lowest BCUT2D eigenvalue weighted by Gasteiger charge is -2.17. The van der Waals surface area contributed by atoms with Gasteiger partial charge in [0.15, 0.2) is 16.6 Å². The van der Waals surface area contributed by atoms with E-state index in [9.17, 15) is 4.79 Å². The highest BCUT2D eigenvalue weighted by Gasteiger charge is 2.36. The lowest BCUT2D eigenvalue weighted by Crippen LogP contribution is -2.31. The molecule has 1 amide bonds. The van der Waals surface area contributed by atoms with Gasteiger partial charge in [-0.15, -0.1) is 0 Å². The molecular weight excluding hydrogens is 599 g/mol. The number of benzene rings is 3. The number of hydrogen-bond acceptors (Lipinski definition) is 5. The number of hydrogen-bond donors (Lipinski definition) is 0. The standard InChI is InChI=1S/C27H23BrCl2N2O4S/c1-4-35-20-9-7-19(8-10-20)32-26(33)23(31(2)27(32)37)12-16-11-21(28)25(24(13-16)34-3)36-15-17-5-6-18(29)14-22(17)30/h5-14H,4,15H2,1-3H3/b23-12-. The summed E-state index contributed by atoms with van der Waals surface area (Å²) in [5.41, 5.74) is 2.60. The lowest BCUT2D eigenvalue weighted by molar-refractivity contribution is -0.114. The van der Waals surface area contributed by atoms with Gasteiger partial charge in [0, 0.05) is 22.7 Å². The molecule has 0 aromatic heterocycles. The number of anilines is 1. The van der Waals surface area contributed by atoms with E-state index in [2.05, 4.69) is 15.9 Å². The van der Waals surface area contributed by atoms with Gasteiger partial charge in [-0.3, -0.25) is 9.69 Å². The average Bonchev–Trinajstić information content (AvgIpc) is 3.08. The van der Waals surface area contributed by atoms with Crippen molar-refractivity contribution in [1.29, 1.82) is 0 Å². The Bertz CT molecular complexity index is 1380. The summed E-state index contributed by atoms with van der Waals surface area (Å²) in [5.74, 6) is 1.49. The monoisotopic (exact) mass is 620 g/mol. The molecule has 192 valence electrons. The van der Waals surface area contributed by atoms with Crippen molar-refractivity contribution in [3.05, 3.63) is 85.9 Å². The van der Waals surface area contributed by atoms with Gasteiger partial charge in [-0.1, -0.05) is 29.3 Å². The summed E-state index contributed by atoms with van der Waals surface area (Å²) in [7, 11) is 3.32. The summed E-state index contributed by atoms with van der Waals surface area (Å²) in [6.07, 6.45) is 1.76. The molecule has 1 saturated heterocycles. The van der Waals surface area contributed by atoms with Crippen molar-refractivity contribution < 1.29 is 19.0 Å². The zero-order chi connectivity index (χ0) is 26.7. The summed E-state index contributed by atoms with van der Waals surface area (Å²) in [4.78, 5) is 16.5. The maximum Gasteiger partial charge on any atom is 0.281 e. The first-order valence-electron chi connectivity index (χ1n) is 11.2. The van der Waals surface area contributed by atoms with Crippen LogP contribution in [0.3, 0.4) is 0 Å². The minimum absolute atomic E-state index is 0.220. The molecule has 1 fully saturated rings. The van der Waals surface area contributed by atoms with Crippen molar-refractivity contribution in [2.24, 2.45) is 0 Å². The number of rotatable bonds is 8. The Morgan fingerprint density at radius 1 is 1.05 bits per heavy atom. The fourth-order valence-electron chi connectivity index (χ4n) is 3.75. The molecule has 0 N–H and O–H groups in total. The topological polar surface area (TPSA) is 51.2 Å². The van der Waals surface area contributed by atoms with Gasteiger partial charge < -0.3 is 19.1 Å². The summed E-state index contributed by atoms with van der Waals surface area (Å²) in [5, 5.41) is 1.45. The van der Waals surface area contributed by atoms with E-state index in [4.69, 9.17) is 49.6 Å².